The highest BCUT2D eigenvalue weighted by atomic mass is 16.5. The highest BCUT2D eigenvalue weighted by Gasteiger charge is 2.50. The first-order valence-corrected chi connectivity index (χ1v) is 8.72. The predicted octanol–water partition coefficient (Wildman–Crippen LogP) is 3.54. The Morgan fingerprint density at radius 1 is 1.05 bits per heavy atom. The van der Waals surface area contributed by atoms with Crippen LogP contribution >= 0.6 is 0 Å². The third kappa shape index (κ3) is 2.91. The van der Waals surface area contributed by atoms with E-state index < -0.39 is 0 Å². The lowest BCUT2D eigenvalue weighted by atomic mass is 9.53. The smallest absolute Gasteiger partial charge is 0.312 e. The van der Waals surface area contributed by atoms with Crippen LogP contribution in [0.2, 0.25) is 0 Å². The summed E-state index contributed by atoms with van der Waals surface area (Å²) in [5.41, 5.74) is 0.335. The average Bonchev–Trinajstić information content (AvgIpc) is 2.46. The number of esters is 1. The molecular formula is C19H25NO2. The van der Waals surface area contributed by atoms with Gasteiger partial charge in [-0.1, -0.05) is 18.2 Å². The molecule has 0 aliphatic heterocycles. The molecule has 0 aromatic heterocycles. The van der Waals surface area contributed by atoms with Crippen LogP contribution in [0.3, 0.4) is 0 Å². The van der Waals surface area contributed by atoms with Gasteiger partial charge in [0.1, 0.15) is 5.75 Å². The van der Waals surface area contributed by atoms with Gasteiger partial charge in [0.15, 0.2) is 0 Å². The van der Waals surface area contributed by atoms with E-state index in [2.05, 4.69) is 5.32 Å². The Kier molecular flexibility index (Phi) is 3.69. The van der Waals surface area contributed by atoms with Crippen molar-refractivity contribution < 1.29 is 9.53 Å². The number of carbonyl (C=O) groups is 1. The molecule has 3 nitrogen and oxygen atoms in total. The lowest BCUT2D eigenvalue weighted by Gasteiger charge is -2.57. The Hall–Kier alpha value is -1.35. The topological polar surface area (TPSA) is 38.3 Å². The van der Waals surface area contributed by atoms with Gasteiger partial charge < -0.3 is 10.1 Å². The van der Waals surface area contributed by atoms with E-state index in [-0.39, 0.29) is 5.97 Å². The van der Waals surface area contributed by atoms with E-state index in [0.29, 0.717) is 17.7 Å². The Bertz CT molecular complexity index is 504. The summed E-state index contributed by atoms with van der Waals surface area (Å²) in [7, 11) is 0. The largest absolute Gasteiger partial charge is 0.426 e. The van der Waals surface area contributed by atoms with Gasteiger partial charge in [0, 0.05) is 12.1 Å². The number of hydrogen-bond donors (Lipinski definition) is 1. The molecule has 0 spiro atoms. The van der Waals surface area contributed by atoms with Crippen LogP contribution in [-0.4, -0.2) is 18.1 Å². The fourth-order valence-corrected chi connectivity index (χ4v) is 5.43. The van der Waals surface area contributed by atoms with Crippen LogP contribution in [0.4, 0.5) is 0 Å². The van der Waals surface area contributed by atoms with E-state index in [1.165, 1.54) is 38.5 Å². The van der Waals surface area contributed by atoms with E-state index in [4.69, 9.17) is 4.74 Å². The maximum absolute atomic E-state index is 11.9. The Labute approximate surface area is 132 Å². The first kappa shape index (κ1) is 14.3. The number of nitrogens with one attached hydrogen (secondary N) is 1. The van der Waals surface area contributed by atoms with Crippen LogP contribution in [0.1, 0.15) is 44.9 Å². The predicted molar refractivity (Wildman–Crippen MR) is 85.6 cm³/mol. The van der Waals surface area contributed by atoms with E-state index in [1.807, 2.05) is 30.3 Å². The molecular weight excluding hydrogens is 274 g/mol. The summed E-state index contributed by atoms with van der Waals surface area (Å²) in [5, 5.41) is 3.74. The Morgan fingerprint density at radius 3 is 2.23 bits per heavy atom. The lowest BCUT2D eigenvalue weighted by molar-refractivity contribution is -0.134. The summed E-state index contributed by atoms with van der Waals surface area (Å²) in [6.45, 7) is 0.748. The van der Waals surface area contributed by atoms with Crippen LogP contribution in [0.15, 0.2) is 30.3 Å². The molecule has 22 heavy (non-hydrogen) atoms. The van der Waals surface area contributed by atoms with E-state index in [1.54, 1.807) is 0 Å². The van der Waals surface area contributed by atoms with Gasteiger partial charge in [-0.05, 0) is 68.4 Å². The van der Waals surface area contributed by atoms with Crippen molar-refractivity contribution in [2.24, 2.45) is 17.8 Å². The molecule has 1 aromatic rings. The molecule has 1 N–H and O–H groups in total. The zero-order valence-corrected chi connectivity index (χ0v) is 13.1. The van der Waals surface area contributed by atoms with Gasteiger partial charge in [-0.2, -0.15) is 0 Å². The molecule has 0 unspecified atom stereocenters. The van der Waals surface area contributed by atoms with Gasteiger partial charge in [0.25, 0.3) is 0 Å². The standard InChI is InChI=1S/C19H25NO2/c21-18(22-17-4-2-1-3-5-17)6-7-20-19-11-14-8-15(12-19)10-16(9-14)13-19/h1-5,14-16,20H,6-13H2. The molecule has 0 saturated heterocycles. The van der Waals surface area contributed by atoms with Crippen molar-refractivity contribution in [1.29, 1.82) is 0 Å². The first-order valence-electron chi connectivity index (χ1n) is 8.72. The third-order valence-corrected chi connectivity index (χ3v) is 5.84. The minimum absolute atomic E-state index is 0.136. The summed E-state index contributed by atoms with van der Waals surface area (Å²) in [4.78, 5) is 11.9. The SMILES string of the molecule is O=C(CCNC12CC3CC(CC(C3)C1)C2)Oc1ccccc1. The van der Waals surface area contributed by atoms with Gasteiger partial charge in [0.2, 0.25) is 0 Å². The number of benzene rings is 1. The van der Waals surface area contributed by atoms with Crippen LogP contribution in [-0.2, 0) is 4.79 Å². The molecule has 0 amide bonds. The highest BCUT2D eigenvalue weighted by molar-refractivity contribution is 5.72. The zero-order valence-electron chi connectivity index (χ0n) is 13.1. The highest BCUT2D eigenvalue weighted by Crippen LogP contribution is 2.55. The summed E-state index contributed by atoms with van der Waals surface area (Å²) in [6.07, 6.45) is 8.80. The number of ether oxygens (including phenoxy) is 1. The second-order valence-corrected chi connectivity index (χ2v) is 7.66. The van der Waals surface area contributed by atoms with Crippen LogP contribution in [0.5, 0.6) is 5.75 Å². The summed E-state index contributed by atoms with van der Waals surface area (Å²) >= 11 is 0. The van der Waals surface area contributed by atoms with Crippen LogP contribution in [0, 0.1) is 17.8 Å². The van der Waals surface area contributed by atoms with E-state index >= 15 is 0 Å². The molecule has 0 radical (unpaired) electrons. The number of hydrogen-bond acceptors (Lipinski definition) is 3. The van der Waals surface area contributed by atoms with Gasteiger partial charge >= 0.3 is 5.97 Å². The van der Waals surface area contributed by atoms with E-state index in [9.17, 15) is 4.79 Å². The van der Waals surface area contributed by atoms with Crippen LogP contribution < -0.4 is 10.1 Å². The second-order valence-electron chi connectivity index (χ2n) is 7.66. The van der Waals surface area contributed by atoms with Crippen molar-refractivity contribution in [3.63, 3.8) is 0 Å². The van der Waals surface area contributed by atoms with Crippen molar-refractivity contribution in [3.05, 3.63) is 30.3 Å². The van der Waals surface area contributed by atoms with Gasteiger partial charge in [-0.15, -0.1) is 0 Å². The van der Waals surface area contributed by atoms with Gasteiger partial charge in [-0.3, -0.25) is 4.79 Å². The van der Waals surface area contributed by atoms with Crippen LogP contribution in [0.25, 0.3) is 0 Å². The molecule has 0 heterocycles. The molecule has 3 heteroatoms. The Balaban J connectivity index is 1.27. The molecule has 4 fully saturated rings. The molecule has 0 atom stereocenters. The fourth-order valence-electron chi connectivity index (χ4n) is 5.43. The molecule has 1 aromatic carbocycles. The zero-order chi connectivity index (χ0) is 15.0. The first-order chi connectivity index (χ1) is 10.7. The number of para-hydroxylation sites is 1. The number of carbonyl (C=O) groups excluding carboxylic acids is 1. The quantitative estimate of drug-likeness (QED) is 0.667. The van der Waals surface area contributed by atoms with Gasteiger partial charge in [0.05, 0.1) is 6.42 Å². The van der Waals surface area contributed by atoms with Crippen molar-refractivity contribution >= 4 is 5.97 Å². The molecule has 4 bridgehead atoms. The summed E-state index contributed by atoms with van der Waals surface area (Å²) < 4.78 is 5.36. The Morgan fingerprint density at radius 2 is 1.64 bits per heavy atom. The lowest BCUT2D eigenvalue weighted by Crippen LogP contribution is -2.58. The molecule has 4 saturated carbocycles. The second kappa shape index (κ2) is 5.69. The third-order valence-electron chi connectivity index (χ3n) is 5.84. The van der Waals surface area contributed by atoms with E-state index in [0.717, 1.165) is 24.3 Å². The van der Waals surface area contributed by atoms with Crippen molar-refractivity contribution in [3.8, 4) is 5.75 Å². The van der Waals surface area contributed by atoms with Crippen molar-refractivity contribution in [2.75, 3.05) is 6.54 Å². The normalized spacial score (nSPS) is 35.5. The summed E-state index contributed by atoms with van der Waals surface area (Å²) in [5.74, 6) is 3.32. The van der Waals surface area contributed by atoms with Crippen molar-refractivity contribution in [2.45, 2.75) is 50.5 Å². The van der Waals surface area contributed by atoms with Gasteiger partial charge in [-0.25, -0.2) is 0 Å². The fraction of sp³-hybridized carbons (Fsp3) is 0.632. The molecule has 4 aliphatic rings. The monoisotopic (exact) mass is 299 g/mol. The molecule has 4 aliphatic carbocycles. The summed E-state index contributed by atoms with van der Waals surface area (Å²) in [6, 6.07) is 9.34. The maximum atomic E-state index is 11.9. The molecule has 5 rings (SSSR count). The number of rotatable bonds is 5. The maximum Gasteiger partial charge on any atom is 0.312 e. The minimum Gasteiger partial charge on any atom is -0.426 e. The van der Waals surface area contributed by atoms with Crippen molar-refractivity contribution in [1.82, 2.24) is 5.32 Å². The molecule has 118 valence electrons. The minimum atomic E-state index is -0.136. The average molecular weight is 299 g/mol.